The summed E-state index contributed by atoms with van der Waals surface area (Å²) in [6.07, 6.45) is 2.21. The lowest BCUT2D eigenvalue weighted by molar-refractivity contribution is -0.123. The van der Waals surface area contributed by atoms with Gasteiger partial charge in [-0.05, 0) is 25.9 Å². The van der Waals surface area contributed by atoms with Gasteiger partial charge in [0.1, 0.15) is 0 Å². The maximum atomic E-state index is 11.2. The summed E-state index contributed by atoms with van der Waals surface area (Å²) in [4.78, 5) is 21.6. The van der Waals surface area contributed by atoms with E-state index in [4.69, 9.17) is 5.73 Å². The van der Waals surface area contributed by atoms with Crippen molar-refractivity contribution in [2.45, 2.75) is 18.1 Å². The molecule has 0 radical (unpaired) electrons. The lowest BCUT2D eigenvalue weighted by Crippen LogP contribution is -2.35. The molecule has 0 aromatic carbocycles. The second-order valence-electron chi connectivity index (χ2n) is 3.50. The highest BCUT2D eigenvalue weighted by Crippen LogP contribution is 2.19. The normalized spacial score (nSPS) is 17.3. The maximum Gasteiger partial charge on any atom is 0.236 e. The SMILES string of the molecule is NC(=O)CNC(=O)CSC1CCNCC1. The van der Waals surface area contributed by atoms with Crippen LogP contribution in [-0.4, -0.2) is 42.5 Å². The molecular weight excluding hydrogens is 214 g/mol. The molecule has 1 saturated heterocycles. The van der Waals surface area contributed by atoms with Crippen molar-refractivity contribution in [3.8, 4) is 0 Å². The maximum absolute atomic E-state index is 11.2. The zero-order valence-electron chi connectivity index (χ0n) is 8.62. The summed E-state index contributed by atoms with van der Waals surface area (Å²) in [5.41, 5.74) is 4.91. The van der Waals surface area contributed by atoms with E-state index in [-0.39, 0.29) is 12.5 Å². The van der Waals surface area contributed by atoms with Crippen molar-refractivity contribution in [2.24, 2.45) is 5.73 Å². The largest absolute Gasteiger partial charge is 0.368 e. The molecule has 0 spiro atoms. The van der Waals surface area contributed by atoms with Crippen molar-refractivity contribution in [1.29, 1.82) is 0 Å². The van der Waals surface area contributed by atoms with Gasteiger partial charge in [-0.1, -0.05) is 0 Å². The van der Waals surface area contributed by atoms with Gasteiger partial charge in [0.15, 0.2) is 0 Å². The average molecular weight is 231 g/mol. The van der Waals surface area contributed by atoms with Crippen LogP contribution in [-0.2, 0) is 9.59 Å². The monoisotopic (exact) mass is 231 g/mol. The van der Waals surface area contributed by atoms with E-state index in [2.05, 4.69) is 10.6 Å². The number of nitrogens with one attached hydrogen (secondary N) is 2. The predicted octanol–water partition coefficient (Wildman–Crippen LogP) is -0.927. The molecule has 0 aromatic heterocycles. The molecule has 0 atom stereocenters. The number of hydrogen-bond acceptors (Lipinski definition) is 4. The Kier molecular flexibility index (Phi) is 5.49. The van der Waals surface area contributed by atoms with Crippen LogP contribution in [0.1, 0.15) is 12.8 Å². The molecule has 0 unspecified atom stereocenters. The minimum atomic E-state index is -0.504. The molecule has 0 aliphatic carbocycles. The van der Waals surface area contributed by atoms with Crippen molar-refractivity contribution in [3.63, 3.8) is 0 Å². The van der Waals surface area contributed by atoms with Gasteiger partial charge in [0, 0.05) is 5.25 Å². The number of amides is 2. The number of piperidine rings is 1. The van der Waals surface area contributed by atoms with E-state index in [1.54, 1.807) is 11.8 Å². The fourth-order valence-corrected chi connectivity index (χ4v) is 2.45. The van der Waals surface area contributed by atoms with Crippen LogP contribution in [0.5, 0.6) is 0 Å². The molecular formula is C9H17N3O2S. The Labute approximate surface area is 93.5 Å². The molecule has 2 amide bonds. The highest BCUT2D eigenvalue weighted by molar-refractivity contribution is 8.00. The first-order valence-electron chi connectivity index (χ1n) is 5.06. The highest BCUT2D eigenvalue weighted by atomic mass is 32.2. The molecule has 0 saturated carbocycles. The number of primary amides is 1. The van der Waals surface area contributed by atoms with Gasteiger partial charge >= 0.3 is 0 Å². The Morgan fingerprint density at radius 3 is 2.67 bits per heavy atom. The van der Waals surface area contributed by atoms with E-state index >= 15 is 0 Å². The van der Waals surface area contributed by atoms with Gasteiger partial charge in [-0.3, -0.25) is 9.59 Å². The Balaban J connectivity index is 2.07. The Morgan fingerprint density at radius 1 is 1.40 bits per heavy atom. The summed E-state index contributed by atoms with van der Waals surface area (Å²) < 4.78 is 0. The summed E-state index contributed by atoms with van der Waals surface area (Å²) in [6, 6.07) is 0. The smallest absolute Gasteiger partial charge is 0.236 e. The summed E-state index contributed by atoms with van der Waals surface area (Å²) >= 11 is 1.65. The molecule has 1 heterocycles. The van der Waals surface area contributed by atoms with Gasteiger partial charge in [-0.25, -0.2) is 0 Å². The fourth-order valence-electron chi connectivity index (χ4n) is 1.39. The van der Waals surface area contributed by atoms with Crippen LogP contribution in [0.3, 0.4) is 0 Å². The fraction of sp³-hybridized carbons (Fsp3) is 0.778. The molecule has 5 nitrogen and oxygen atoms in total. The summed E-state index contributed by atoms with van der Waals surface area (Å²) in [5.74, 6) is -0.203. The van der Waals surface area contributed by atoms with Crippen molar-refractivity contribution >= 4 is 23.6 Å². The number of carbonyl (C=O) groups excluding carboxylic acids is 2. The van der Waals surface area contributed by atoms with E-state index in [1.807, 2.05) is 0 Å². The van der Waals surface area contributed by atoms with E-state index in [1.165, 1.54) is 0 Å². The molecule has 1 aliphatic rings. The summed E-state index contributed by atoms with van der Waals surface area (Å²) in [7, 11) is 0. The Bertz CT molecular complexity index is 229. The molecule has 1 rings (SSSR count). The summed E-state index contributed by atoms with van der Waals surface area (Å²) in [5, 5.41) is 6.30. The number of rotatable bonds is 5. The third kappa shape index (κ3) is 5.64. The van der Waals surface area contributed by atoms with Crippen molar-refractivity contribution in [2.75, 3.05) is 25.4 Å². The zero-order valence-corrected chi connectivity index (χ0v) is 9.44. The zero-order chi connectivity index (χ0) is 11.1. The van der Waals surface area contributed by atoms with Gasteiger partial charge in [0.2, 0.25) is 11.8 Å². The average Bonchev–Trinajstić information content (AvgIpc) is 2.25. The van der Waals surface area contributed by atoms with Crippen molar-refractivity contribution in [3.05, 3.63) is 0 Å². The number of thioether (sulfide) groups is 1. The van der Waals surface area contributed by atoms with Crippen LogP contribution >= 0.6 is 11.8 Å². The van der Waals surface area contributed by atoms with E-state index < -0.39 is 5.91 Å². The Morgan fingerprint density at radius 2 is 2.07 bits per heavy atom. The first-order valence-corrected chi connectivity index (χ1v) is 6.10. The molecule has 15 heavy (non-hydrogen) atoms. The standard InChI is InChI=1S/C9H17N3O2S/c10-8(13)5-12-9(14)6-15-7-1-3-11-4-2-7/h7,11H,1-6H2,(H2,10,13)(H,12,14). The predicted molar refractivity (Wildman–Crippen MR) is 60.6 cm³/mol. The molecule has 0 bridgehead atoms. The molecule has 1 fully saturated rings. The lowest BCUT2D eigenvalue weighted by atomic mass is 10.2. The summed E-state index contributed by atoms with van der Waals surface area (Å²) in [6.45, 7) is 1.99. The third-order valence-corrected chi connectivity index (χ3v) is 3.57. The molecule has 1 aliphatic heterocycles. The van der Waals surface area contributed by atoms with E-state index in [0.29, 0.717) is 11.0 Å². The van der Waals surface area contributed by atoms with Crippen LogP contribution in [0.25, 0.3) is 0 Å². The van der Waals surface area contributed by atoms with Crippen LogP contribution in [0.2, 0.25) is 0 Å². The van der Waals surface area contributed by atoms with Crippen LogP contribution in [0, 0.1) is 0 Å². The topological polar surface area (TPSA) is 84.2 Å². The minimum Gasteiger partial charge on any atom is -0.368 e. The number of nitrogens with two attached hydrogens (primary N) is 1. The molecule has 4 N–H and O–H groups in total. The minimum absolute atomic E-state index is 0.0639. The van der Waals surface area contributed by atoms with E-state index in [0.717, 1.165) is 25.9 Å². The molecule has 0 aromatic rings. The van der Waals surface area contributed by atoms with Crippen molar-refractivity contribution in [1.82, 2.24) is 10.6 Å². The third-order valence-electron chi connectivity index (χ3n) is 2.20. The van der Waals surface area contributed by atoms with Gasteiger partial charge in [0.05, 0.1) is 12.3 Å². The molecule has 86 valence electrons. The van der Waals surface area contributed by atoms with Gasteiger partial charge < -0.3 is 16.4 Å². The first kappa shape index (κ1) is 12.3. The first-order chi connectivity index (χ1) is 7.18. The van der Waals surface area contributed by atoms with Crippen LogP contribution < -0.4 is 16.4 Å². The van der Waals surface area contributed by atoms with Gasteiger partial charge in [-0.2, -0.15) is 0 Å². The van der Waals surface area contributed by atoms with Gasteiger partial charge in [-0.15, -0.1) is 11.8 Å². The van der Waals surface area contributed by atoms with Gasteiger partial charge in [0.25, 0.3) is 0 Å². The quantitative estimate of drug-likeness (QED) is 0.571. The number of hydrogen-bond donors (Lipinski definition) is 3. The molecule has 6 heteroatoms. The van der Waals surface area contributed by atoms with Crippen LogP contribution in [0.15, 0.2) is 0 Å². The van der Waals surface area contributed by atoms with Crippen molar-refractivity contribution < 1.29 is 9.59 Å². The lowest BCUT2D eigenvalue weighted by Gasteiger charge is -2.21. The van der Waals surface area contributed by atoms with E-state index in [9.17, 15) is 9.59 Å². The number of carbonyl (C=O) groups is 2. The van der Waals surface area contributed by atoms with Crippen LogP contribution in [0.4, 0.5) is 0 Å². The highest BCUT2D eigenvalue weighted by Gasteiger charge is 2.14. The second kappa shape index (κ2) is 6.68. The Hall–Kier alpha value is -0.750. The second-order valence-corrected chi connectivity index (χ2v) is 4.79.